The molecule has 3 heterocycles. The minimum Gasteiger partial charge on any atom is -0.495 e. The van der Waals surface area contributed by atoms with E-state index in [0.717, 1.165) is 16.0 Å². The van der Waals surface area contributed by atoms with E-state index in [9.17, 15) is 43.5 Å². The number of anilines is 1. The number of epoxide rings is 1. The van der Waals surface area contributed by atoms with Crippen molar-refractivity contribution in [3.63, 3.8) is 0 Å². The highest BCUT2D eigenvalue weighted by molar-refractivity contribution is 6.35. The van der Waals surface area contributed by atoms with Crippen LogP contribution < -0.4 is 41.8 Å². The molecule has 70 heavy (non-hydrogen) atoms. The van der Waals surface area contributed by atoms with Crippen molar-refractivity contribution < 1.29 is 67.1 Å². The summed E-state index contributed by atoms with van der Waals surface area (Å²) in [6.07, 6.45) is -0.0421. The Labute approximate surface area is 413 Å². The van der Waals surface area contributed by atoms with Crippen LogP contribution in [0, 0.1) is 5.92 Å². The molecular weight excluding hydrogens is 936 g/mol. The number of esters is 1. The van der Waals surface area contributed by atoms with Crippen LogP contribution in [0.2, 0.25) is 5.02 Å². The van der Waals surface area contributed by atoms with E-state index < -0.39 is 120 Å². The molecule has 388 valence electrons. The number of allylic oxidation sites excluding steroid dienone is 3. The number of amides is 7. The van der Waals surface area contributed by atoms with Crippen LogP contribution >= 0.6 is 11.6 Å². The molecule has 0 spiro atoms. The number of benzene rings is 1. The summed E-state index contributed by atoms with van der Waals surface area (Å²) in [6, 6.07) is -0.642. The van der Waals surface area contributed by atoms with Crippen LogP contribution in [0.1, 0.15) is 86.1 Å². The molecule has 11 unspecified atom stereocenters. The standard InChI is InChI=1S/C47H69ClN8O14/c1-24-15-13-16-34(67-12)47(65)23-33(68-45(64)53-47)25(2)40-46(7,70-40)35(22-38(59)56(10)31-20-30(19-24)21-32(66-11)39(31)48)69-44(63)29(6)55(9)37(58)18-14-17-36(57)50-26(3)41(60)51-27(4)42(61)52-28(5)43(62)54-49-8/h13,15-16,20-21,25-29,33-35,40,49,65H,14,17-19,22-23H2,1-12H3,(H,50,57)(H,51,60)(H,52,61)(H,53,64)(H,54,62)/b16-13+,24-15+. The molecule has 2 saturated heterocycles. The van der Waals surface area contributed by atoms with E-state index in [1.165, 1.54) is 68.0 Å². The molecule has 22 nitrogen and oxygen atoms in total. The predicted molar refractivity (Wildman–Crippen MR) is 255 cm³/mol. The Bertz CT molecular complexity index is 2210. The molecule has 11 atom stereocenters. The minimum absolute atomic E-state index is 0.0492. The second kappa shape index (κ2) is 24.3. The van der Waals surface area contributed by atoms with Crippen molar-refractivity contribution in [3.05, 3.63) is 46.5 Å². The number of fused-ring (bicyclic) bond motifs is 5. The zero-order valence-corrected chi connectivity index (χ0v) is 42.6. The first-order valence-electron chi connectivity index (χ1n) is 23.0. The first-order chi connectivity index (χ1) is 32.8. The summed E-state index contributed by atoms with van der Waals surface area (Å²) in [7, 11) is 7.27. The van der Waals surface area contributed by atoms with Crippen LogP contribution in [0.4, 0.5) is 10.5 Å². The molecule has 23 heteroatoms. The van der Waals surface area contributed by atoms with Gasteiger partial charge >= 0.3 is 12.1 Å². The molecule has 2 fully saturated rings. The molecule has 4 rings (SSSR count). The van der Waals surface area contributed by atoms with Gasteiger partial charge in [-0.25, -0.2) is 15.0 Å². The normalized spacial score (nSPS) is 27.5. The third-order valence-electron chi connectivity index (χ3n) is 12.8. The monoisotopic (exact) mass is 1000 g/mol. The quantitative estimate of drug-likeness (QED) is 0.0701. The van der Waals surface area contributed by atoms with E-state index in [1.54, 1.807) is 38.1 Å². The number of nitrogens with one attached hydrogen (secondary N) is 6. The van der Waals surface area contributed by atoms with Crippen LogP contribution in [0.15, 0.2) is 35.9 Å². The Kier molecular flexibility index (Phi) is 19.7. The smallest absolute Gasteiger partial charge is 0.409 e. The van der Waals surface area contributed by atoms with Crippen LogP contribution in [0.25, 0.3) is 0 Å². The maximum absolute atomic E-state index is 14.3. The van der Waals surface area contributed by atoms with Gasteiger partial charge in [0.2, 0.25) is 29.5 Å². The molecule has 1 aromatic carbocycles. The molecular formula is C47H69ClN8O14. The zero-order valence-electron chi connectivity index (χ0n) is 41.9. The molecule has 7 amide bonds. The fourth-order valence-corrected chi connectivity index (χ4v) is 8.53. The topological polar surface area (TPSA) is 285 Å². The van der Waals surface area contributed by atoms with Crippen LogP contribution in [-0.2, 0) is 58.9 Å². The Balaban J connectivity index is 1.48. The van der Waals surface area contributed by atoms with E-state index in [4.69, 9.17) is 35.3 Å². The number of aliphatic hydroxyl groups is 1. The predicted octanol–water partition coefficient (Wildman–Crippen LogP) is 1.45. The third-order valence-corrected chi connectivity index (χ3v) is 13.2. The molecule has 3 aliphatic heterocycles. The van der Waals surface area contributed by atoms with Crippen molar-refractivity contribution in [3.8, 4) is 5.75 Å². The summed E-state index contributed by atoms with van der Waals surface area (Å²) in [5, 5.41) is 22.0. The number of carbonyl (C=O) groups is 8. The Morgan fingerprint density at radius 1 is 1.00 bits per heavy atom. The number of hydrazine groups is 1. The first-order valence-corrected chi connectivity index (χ1v) is 23.4. The molecule has 0 aliphatic carbocycles. The van der Waals surface area contributed by atoms with Gasteiger partial charge in [0.15, 0.2) is 5.72 Å². The molecule has 3 aliphatic rings. The summed E-state index contributed by atoms with van der Waals surface area (Å²) in [5.41, 5.74) is 3.55. The van der Waals surface area contributed by atoms with Crippen molar-refractivity contribution in [1.82, 2.24) is 37.0 Å². The largest absolute Gasteiger partial charge is 0.495 e. The number of carbonyl (C=O) groups excluding carboxylic acids is 8. The van der Waals surface area contributed by atoms with Gasteiger partial charge in [0.1, 0.15) is 58.9 Å². The number of alkyl carbamates (subject to hydrolysis) is 1. The number of ether oxygens (including phenoxy) is 5. The summed E-state index contributed by atoms with van der Waals surface area (Å²) >= 11 is 6.79. The number of hydrogen-bond acceptors (Lipinski definition) is 15. The second-order valence-corrected chi connectivity index (χ2v) is 18.6. The molecule has 0 radical (unpaired) electrons. The Hall–Kier alpha value is -5.81. The van der Waals surface area contributed by atoms with Crippen LogP contribution in [-0.4, -0.2) is 153 Å². The number of hydrogen-bond donors (Lipinski definition) is 7. The van der Waals surface area contributed by atoms with E-state index in [1.807, 2.05) is 13.0 Å². The summed E-state index contributed by atoms with van der Waals surface area (Å²) in [4.78, 5) is 107. The molecule has 4 bridgehead atoms. The van der Waals surface area contributed by atoms with E-state index in [0.29, 0.717) is 17.9 Å². The number of nitrogens with zero attached hydrogens (tertiary/aromatic N) is 2. The molecule has 0 saturated carbocycles. The van der Waals surface area contributed by atoms with Crippen molar-refractivity contribution in [2.45, 2.75) is 147 Å². The lowest BCUT2D eigenvalue weighted by molar-refractivity contribution is -0.162. The molecule has 0 aromatic heterocycles. The number of likely N-dealkylation sites (N-methyl/N-ethyl adjacent to an activating group) is 1. The molecule has 7 N–H and O–H groups in total. The average Bonchev–Trinajstić information content (AvgIpc) is 4.00. The summed E-state index contributed by atoms with van der Waals surface area (Å²) in [6.45, 7) is 11.1. The van der Waals surface area contributed by atoms with Gasteiger partial charge in [-0.15, -0.1) is 0 Å². The maximum atomic E-state index is 14.3. The number of rotatable bonds is 16. The lowest BCUT2D eigenvalue weighted by atomic mass is 9.83. The molecule has 1 aromatic rings. The first kappa shape index (κ1) is 56.8. The van der Waals surface area contributed by atoms with Crippen molar-refractivity contribution in [1.29, 1.82) is 0 Å². The summed E-state index contributed by atoms with van der Waals surface area (Å²) in [5.74, 6) is -4.49. The lowest BCUT2D eigenvalue weighted by Gasteiger charge is -2.42. The highest BCUT2D eigenvalue weighted by Gasteiger charge is 2.64. The van der Waals surface area contributed by atoms with Gasteiger partial charge in [0, 0.05) is 53.4 Å². The third kappa shape index (κ3) is 14.2. The van der Waals surface area contributed by atoms with Gasteiger partial charge in [0.05, 0.1) is 25.3 Å². The van der Waals surface area contributed by atoms with E-state index in [-0.39, 0.29) is 30.7 Å². The number of methoxy groups -OCH3 is 2. The van der Waals surface area contributed by atoms with Gasteiger partial charge < -0.3 is 54.5 Å². The Morgan fingerprint density at radius 2 is 1.63 bits per heavy atom. The van der Waals surface area contributed by atoms with Gasteiger partial charge in [-0.2, -0.15) is 0 Å². The van der Waals surface area contributed by atoms with E-state index in [2.05, 4.69) is 32.1 Å². The Morgan fingerprint density at radius 3 is 2.24 bits per heavy atom. The zero-order chi connectivity index (χ0) is 52.4. The van der Waals surface area contributed by atoms with Gasteiger partial charge in [0.25, 0.3) is 5.91 Å². The highest BCUT2D eigenvalue weighted by atomic mass is 35.5. The van der Waals surface area contributed by atoms with Crippen molar-refractivity contribution in [2.24, 2.45) is 5.92 Å². The fraction of sp³-hybridized carbons (Fsp3) is 0.617. The van der Waals surface area contributed by atoms with Crippen LogP contribution in [0.5, 0.6) is 5.75 Å². The second-order valence-electron chi connectivity index (χ2n) is 18.2. The minimum atomic E-state index is -1.89. The summed E-state index contributed by atoms with van der Waals surface area (Å²) < 4.78 is 29.3. The number of halogens is 1. The van der Waals surface area contributed by atoms with E-state index >= 15 is 0 Å². The van der Waals surface area contributed by atoms with Gasteiger partial charge in [-0.05, 0) is 72.1 Å². The van der Waals surface area contributed by atoms with Gasteiger partial charge in [-0.1, -0.05) is 42.3 Å². The van der Waals surface area contributed by atoms with Crippen molar-refractivity contribution in [2.75, 3.05) is 40.3 Å². The van der Waals surface area contributed by atoms with Crippen molar-refractivity contribution >= 4 is 64.8 Å². The fourth-order valence-electron chi connectivity index (χ4n) is 8.21. The SMILES string of the molecule is CNNC(=O)C(C)NC(=O)C(C)NC(=O)C(C)NC(=O)CCCC(=O)N(C)C(C)C(=O)OC1CC(=O)N(C)c2cc(cc(OC)c2Cl)C/C(C)=C/C=C/C(OC)C2(O)CC(OC(=O)N2)C(C)C2OC12C. The highest BCUT2D eigenvalue weighted by Crippen LogP contribution is 2.49. The maximum Gasteiger partial charge on any atom is 0.409 e. The van der Waals surface area contributed by atoms with Gasteiger partial charge in [-0.3, -0.25) is 39.5 Å². The van der Waals surface area contributed by atoms with Crippen LogP contribution in [0.3, 0.4) is 0 Å². The lowest BCUT2D eigenvalue weighted by Crippen LogP contribution is -2.63. The average molecular weight is 1010 g/mol.